The zero-order valence-electron chi connectivity index (χ0n) is 6.05. The summed E-state index contributed by atoms with van der Waals surface area (Å²) in [6.07, 6.45) is 4.59. The summed E-state index contributed by atoms with van der Waals surface area (Å²) in [5.74, 6) is -0.479. The van der Waals surface area contributed by atoms with Gasteiger partial charge in [0.25, 0.3) is 0 Å². The fourth-order valence-corrected chi connectivity index (χ4v) is 0.810. The molecule has 0 aromatic carbocycles. The first-order valence-electron chi connectivity index (χ1n) is 3.17. The van der Waals surface area contributed by atoms with E-state index < -0.39 is 5.83 Å². The van der Waals surface area contributed by atoms with Crippen LogP contribution in [0.4, 0.5) is 4.39 Å². The van der Waals surface area contributed by atoms with Crippen molar-refractivity contribution >= 4 is 11.9 Å². The van der Waals surface area contributed by atoms with E-state index in [1.165, 1.54) is 6.20 Å². The Morgan fingerprint density at radius 1 is 1.64 bits per heavy atom. The summed E-state index contributed by atoms with van der Waals surface area (Å²) in [7, 11) is 0. The van der Waals surface area contributed by atoms with E-state index in [1.807, 2.05) is 0 Å². The predicted octanol–water partition coefficient (Wildman–Crippen LogP) is 2.66. The average Bonchev–Trinajstić information content (AvgIpc) is 2.04. The minimum absolute atomic E-state index is 0.405. The first-order chi connectivity index (χ1) is 5.25. The van der Waals surface area contributed by atoms with Crippen LogP contribution in [0.25, 0.3) is 11.9 Å². The normalized spacial score (nSPS) is 9.18. The van der Waals surface area contributed by atoms with Gasteiger partial charge in [0.15, 0.2) is 0 Å². The summed E-state index contributed by atoms with van der Waals surface area (Å²) in [5.41, 5.74) is 1.12. The zero-order valence-corrected chi connectivity index (χ0v) is 6.05. The highest BCUT2D eigenvalue weighted by Gasteiger charge is 2.00. The van der Waals surface area contributed by atoms with Crippen molar-refractivity contribution in [3.63, 3.8) is 0 Å². The number of aromatic nitrogens is 1. The lowest BCUT2D eigenvalue weighted by Crippen LogP contribution is -1.84. The van der Waals surface area contributed by atoms with Gasteiger partial charge in [-0.15, -0.1) is 0 Å². The van der Waals surface area contributed by atoms with E-state index in [-0.39, 0.29) is 0 Å². The molecule has 56 valence electrons. The second-order valence-electron chi connectivity index (χ2n) is 2.07. The van der Waals surface area contributed by atoms with E-state index in [9.17, 15) is 4.39 Å². The van der Waals surface area contributed by atoms with Crippen molar-refractivity contribution in [2.45, 2.75) is 0 Å². The van der Waals surface area contributed by atoms with Crippen LogP contribution in [0, 0.1) is 0 Å². The number of halogens is 1. The number of pyridine rings is 1. The van der Waals surface area contributed by atoms with Crippen LogP contribution in [0.15, 0.2) is 31.6 Å². The molecular weight excluding hydrogens is 141 g/mol. The maximum absolute atomic E-state index is 12.6. The Hall–Kier alpha value is -1.44. The van der Waals surface area contributed by atoms with Crippen LogP contribution < -0.4 is 0 Å². The van der Waals surface area contributed by atoms with Crippen molar-refractivity contribution < 1.29 is 4.39 Å². The second-order valence-corrected chi connectivity index (χ2v) is 2.07. The molecule has 0 unspecified atom stereocenters. The molecule has 2 heteroatoms. The maximum Gasteiger partial charge on any atom is 0.125 e. The molecule has 1 nitrogen and oxygen atoms in total. The Morgan fingerprint density at radius 2 is 2.36 bits per heavy atom. The van der Waals surface area contributed by atoms with E-state index in [2.05, 4.69) is 18.1 Å². The van der Waals surface area contributed by atoms with Gasteiger partial charge in [-0.3, -0.25) is 4.98 Å². The lowest BCUT2D eigenvalue weighted by Gasteiger charge is -1.99. The lowest BCUT2D eigenvalue weighted by atomic mass is 10.1. The molecule has 1 aromatic heterocycles. The molecule has 0 fully saturated rings. The Kier molecular flexibility index (Phi) is 2.16. The molecule has 1 rings (SSSR count). The van der Waals surface area contributed by atoms with E-state index in [0.717, 1.165) is 0 Å². The van der Waals surface area contributed by atoms with E-state index >= 15 is 0 Å². The van der Waals surface area contributed by atoms with E-state index in [1.54, 1.807) is 18.3 Å². The summed E-state index contributed by atoms with van der Waals surface area (Å²) in [6, 6.07) is 1.69. The SMILES string of the molecule is C=Cc1ccncc1C(=C)F. The highest BCUT2D eigenvalue weighted by Crippen LogP contribution is 2.17. The molecule has 0 radical (unpaired) electrons. The van der Waals surface area contributed by atoms with Gasteiger partial charge in [-0.1, -0.05) is 19.2 Å². The Bertz CT molecular complexity index is 291. The third-order valence-corrected chi connectivity index (χ3v) is 1.37. The average molecular weight is 149 g/mol. The molecule has 11 heavy (non-hydrogen) atoms. The summed E-state index contributed by atoms with van der Waals surface area (Å²) >= 11 is 0. The van der Waals surface area contributed by atoms with Gasteiger partial charge in [-0.05, 0) is 11.6 Å². The monoisotopic (exact) mass is 149 g/mol. The summed E-state index contributed by atoms with van der Waals surface area (Å²) < 4.78 is 12.6. The van der Waals surface area contributed by atoms with Crippen LogP contribution >= 0.6 is 0 Å². The predicted molar refractivity (Wildman–Crippen MR) is 44.5 cm³/mol. The molecular formula is C9H8FN. The van der Waals surface area contributed by atoms with Gasteiger partial charge >= 0.3 is 0 Å². The lowest BCUT2D eigenvalue weighted by molar-refractivity contribution is 0.762. The standard InChI is InChI=1S/C9H8FN/c1-3-8-4-5-11-6-9(8)7(2)10/h3-6H,1-2H2. The number of hydrogen-bond acceptors (Lipinski definition) is 1. The van der Waals surface area contributed by atoms with Gasteiger partial charge in [-0.25, -0.2) is 4.39 Å². The Morgan fingerprint density at radius 3 is 2.82 bits per heavy atom. The highest BCUT2D eigenvalue weighted by molar-refractivity contribution is 5.67. The number of rotatable bonds is 2. The molecule has 0 aliphatic carbocycles. The van der Waals surface area contributed by atoms with Gasteiger partial charge in [0.2, 0.25) is 0 Å². The molecule has 0 spiro atoms. The molecule has 0 amide bonds. The largest absolute Gasteiger partial charge is 0.264 e. The first-order valence-corrected chi connectivity index (χ1v) is 3.17. The number of hydrogen-bond donors (Lipinski definition) is 0. The number of nitrogens with zero attached hydrogens (tertiary/aromatic N) is 1. The molecule has 0 bridgehead atoms. The van der Waals surface area contributed by atoms with Crippen molar-refractivity contribution in [2.24, 2.45) is 0 Å². The maximum atomic E-state index is 12.6. The van der Waals surface area contributed by atoms with Gasteiger partial charge in [0.05, 0.1) is 0 Å². The summed E-state index contributed by atoms with van der Waals surface area (Å²) in [5, 5.41) is 0. The topological polar surface area (TPSA) is 12.9 Å². The van der Waals surface area contributed by atoms with Crippen LogP contribution in [-0.2, 0) is 0 Å². The van der Waals surface area contributed by atoms with Crippen LogP contribution in [0.3, 0.4) is 0 Å². The smallest absolute Gasteiger partial charge is 0.125 e. The van der Waals surface area contributed by atoms with Gasteiger partial charge < -0.3 is 0 Å². The van der Waals surface area contributed by atoms with Crippen molar-refractivity contribution in [2.75, 3.05) is 0 Å². The van der Waals surface area contributed by atoms with Crippen LogP contribution in [0.1, 0.15) is 11.1 Å². The van der Waals surface area contributed by atoms with Gasteiger partial charge in [-0.2, -0.15) is 0 Å². The highest BCUT2D eigenvalue weighted by atomic mass is 19.1. The molecule has 0 N–H and O–H groups in total. The van der Waals surface area contributed by atoms with Crippen molar-refractivity contribution in [1.82, 2.24) is 4.98 Å². The van der Waals surface area contributed by atoms with Gasteiger partial charge in [0.1, 0.15) is 5.83 Å². The van der Waals surface area contributed by atoms with Gasteiger partial charge in [0, 0.05) is 18.0 Å². The van der Waals surface area contributed by atoms with Crippen molar-refractivity contribution in [1.29, 1.82) is 0 Å². The third-order valence-electron chi connectivity index (χ3n) is 1.37. The first kappa shape index (κ1) is 7.66. The molecule has 1 heterocycles. The molecule has 0 saturated carbocycles. The van der Waals surface area contributed by atoms with Crippen LogP contribution in [-0.4, -0.2) is 4.98 Å². The molecule has 0 atom stereocenters. The Labute approximate surface area is 64.9 Å². The Balaban J connectivity index is 3.22. The summed E-state index contributed by atoms with van der Waals surface area (Å²) in [6.45, 7) is 6.72. The second kappa shape index (κ2) is 3.10. The summed E-state index contributed by atoms with van der Waals surface area (Å²) in [4.78, 5) is 3.77. The molecule has 0 aliphatic rings. The quantitative estimate of drug-likeness (QED) is 0.630. The third kappa shape index (κ3) is 1.52. The van der Waals surface area contributed by atoms with Crippen LogP contribution in [0.2, 0.25) is 0 Å². The van der Waals surface area contributed by atoms with E-state index in [0.29, 0.717) is 11.1 Å². The molecule has 1 aromatic rings. The van der Waals surface area contributed by atoms with Crippen molar-refractivity contribution in [3.05, 3.63) is 42.7 Å². The minimum atomic E-state index is -0.479. The fourth-order valence-electron chi connectivity index (χ4n) is 0.810. The zero-order chi connectivity index (χ0) is 8.27. The van der Waals surface area contributed by atoms with Crippen LogP contribution in [0.5, 0.6) is 0 Å². The van der Waals surface area contributed by atoms with E-state index in [4.69, 9.17) is 0 Å². The molecule has 0 saturated heterocycles. The molecule has 0 aliphatic heterocycles. The fraction of sp³-hybridized carbons (Fsp3) is 0. The van der Waals surface area contributed by atoms with Crippen molar-refractivity contribution in [3.8, 4) is 0 Å². The minimum Gasteiger partial charge on any atom is -0.264 e.